The van der Waals surface area contributed by atoms with Crippen LogP contribution in [0.4, 0.5) is 0 Å². The lowest BCUT2D eigenvalue weighted by Crippen LogP contribution is -2.28. The van der Waals surface area contributed by atoms with Gasteiger partial charge in [0.05, 0.1) is 0 Å². The van der Waals surface area contributed by atoms with Crippen LogP contribution in [-0.4, -0.2) is 9.98 Å². The molecule has 1 aromatic rings. The van der Waals surface area contributed by atoms with Crippen LogP contribution in [-0.2, 0) is 4.74 Å². The van der Waals surface area contributed by atoms with E-state index in [2.05, 4.69) is 6.07 Å². The van der Waals surface area contributed by atoms with Crippen LogP contribution in [0.2, 0.25) is 0 Å². The number of benzene rings is 1. The Hall–Kier alpha value is -0.540. The van der Waals surface area contributed by atoms with E-state index in [1.54, 1.807) is 11.8 Å². The van der Waals surface area contributed by atoms with Gasteiger partial charge >= 0.3 is 0 Å². The predicted octanol–water partition coefficient (Wildman–Crippen LogP) is 3.22. The van der Waals surface area contributed by atoms with Crippen molar-refractivity contribution < 1.29 is 4.74 Å². The zero-order valence-electron chi connectivity index (χ0n) is 7.53. The lowest BCUT2D eigenvalue weighted by Gasteiger charge is -2.31. The first-order valence-corrected chi connectivity index (χ1v) is 5.32. The molecule has 0 amide bonds. The van der Waals surface area contributed by atoms with Gasteiger partial charge in [0.25, 0.3) is 0 Å². The molecule has 13 heavy (non-hydrogen) atoms. The van der Waals surface area contributed by atoms with Crippen molar-refractivity contribution in [3.8, 4) is 0 Å². The molecule has 3 heteroatoms. The maximum atomic E-state index is 5.59. The van der Waals surface area contributed by atoms with Crippen LogP contribution in [0.5, 0.6) is 0 Å². The monoisotopic (exact) mass is 210 g/mol. The highest BCUT2D eigenvalue weighted by Gasteiger charge is 2.30. The van der Waals surface area contributed by atoms with Crippen molar-refractivity contribution in [3.63, 3.8) is 0 Å². The lowest BCUT2D eigenvalue weighted by atomic mass is 10.2. The average molecular weight is 210 g/mol. The van der Waals surface area contributed by atoms with Gasteiger partial charge in [-0.2, -0.15) is 0 Å². The summed E-state index contributed by atoms with van der Waals surface area (Å²) in [7, 11) is 0. The summed E-state index contributed by atoms with van der Waals surface area (Å²) in [5.74, 6) is 0. The van der Waals surface area contributed by atoms with Gasteiger partial charge < -0.3 is 4.74 Å². The summed E-state index contributed by atoms with van der Waals surface area (Å²) in [4.78, 5) is 0.981. The molecule has 2 rings (SSSR count). The van der Waals surface area contributed by atoms with Crippen LogP contribution >= 0.6 is 24.0 Å². The summed E-state index contributed by atoms with van der Waals surface area (Å²) in [5.41, 5.74) is 1.04. The Morgan fingerprint density at radius 3 is 2.77 bits per heavy atom. The van der Waals surface area contributed by atoms with Crippen molar-refractivity contribution >= 4 is 29.0 Å². The van der Waals surface area contributed by atoms with Crippen molar-refractivity contribution in [2.24, 2.45) is 0 Å². The first-order valence-electron chi connectivity index (χ1n) is 4.10. The maximum absolute atomic E-state index is 5.59. The summed E-state index contributed by atoms with van der Waals surface area (Å²) in [6, 6.07) is 8.08. The Bertz CT molecular complexity index is 358. The van der Waals surface area contributed by atoms with E-state index < -0.39 is 0 Å². The van der Waals surface area contributed by atoms with Crippen LogP contribution in [0.1, 0.15) is 19.4 Å². The highest BCUT2D eigenvalue weighted by Crippen LogP contribution is 2.40. The fourth-order valence-electron chi connectivity index (χ4n) is 1.29. The van der Waals surface area contributed by atoms with Crippen LogP contribution in [0.25, 0.3) is 0 Å². The zero-order chi connectivity index (χ0) is 9.47. The number of hydrogen-bond acceptors (Lipinski definition) is 3. The zero-order valence-corrected chi connectivity index (χ0v) is 9.17. The largest absolute Gasteiger partial charge is 0.466 e. The third-order valence-electron chi connectivity index (χ3n) is 1.80. The second kappa shape index (κ2) is 3.00. The summed E-state index contributed by atoms with van der Waals surface area (Å²) < 4.78 is 5.59. The van der Waals surface area contributed by atoms with E-state index in [1.807, 2.05) is 32.0 Å². The summed E-state index contributed by atoms with van der Waals surface area (Å²) in [6.07, 6.45) is 0. The van der Waals surface area contributed by atoms with E-state index >= 15 is 0 Å². The van der Waals surface area contributed by atoms with Gasteiger partial charge in [-0.15, -0.1) is 0 Å². The third kappa shape index (κ3) is 1.71. The fourth-order valence-corrected chi connectivity index (χ4v) is 2.86. The van der Waals surface area contributed by atoms with Crippen LogP contribution in [0.15, 0.2) is 29.2 Å². The number of ether oxygens (including phenoxy) is 1. The molecule has 0 aromatic heterocycles. The topological polar surface area (TPSA) is 9.23 Å². The molecule has 0 saturated heterocycles. The second-order valence-corrected chi connectivity index (χ2v) is 5.39. The fraction of sp³-hybridized carbons (Fsp3) is 0.300. The van der Waals surface area contributed by atoms with Gasteiger partial charge in [0.1, 0.15) is 0 Å². The van der Waals surface area contributed by atoms with E-state index in [4.69, 9.17) is 17.0 Å². The predicted molar refractivity (Wildman–Crippen MR) is 59.2 cm³/mol. The second-order valence-electron chi connectivity index (χ2n) is 3.39. The van der Waals surface area contributed by atoms with Crippen molar-refractivity contribution in [1.29, 1.82) is 0 Å². The van der Waals surface area contributed by atoms with E-state index in [-0.39, 0.29) is 4.93 Å². The average Bonchev–Trinajstić information content (AvgIpc) is 2.02. The molecule has 0 radical (unpaired) electrons. The van der Waals surface area contributed by atoms with Crippen molar-refractivity contribution in [2.75, 3.05) is 0 Å². The molecule has 0 fully saturated rings. The van der Waals surface area contributed by atoms with Gasteiger partial charge in [0.2, 0.25) is 0 Å². The summed E-state index contributed by atoms with van der Waals surface area (Å²) in [6.45, 7) is 4.06. The smallest absolute Gasteiger partial charge is 0.194 e. The SMILES string of the molecule is CC1(C)OC(=S)c2ccccc2S1. The Balaban J connectivity index is 2.49. The number of thioether (sulfide) groups is 1. The molecule has 1 aliphatic rings. The molecule has 1 nitrogen and oxygen atoms in total. The standard InChI is InChI=1S/C10H10OS2/c1-10(2)11-9(12)7-5-3-4-6-8(7)13-10/h3-6H,1-2H3. The number of fused-ring (bicyclic) bond motifs is 1. The number of rotatable bonds is 0. The van der Waals surface area contributed by atoms with Crippen molar-refractivity contribution in [3.05, 3.63) is 29.8 Å². The Morgan fingerprint density at radius 2 is 2.00 bits per heavy atom. The molecule has 0 spiro atoms. The Labute approximate surface area is 87.5 Å². The van der Waals surface area contributed by atoms with Gasteiger partial charge in [-0.25, -0.2) is 0 Å². The molecule has 0 saturated carbocycles. The minimum atomic E-state index is -0.231. The molecule has 0 aliphatic carbocycles. The summed E-state index contributed by atoms with van der Waals surface area (Å²) in [5, 5.41) is 0.611. The van der Waals surface area contributed by atoms with Gasteiger partial charge in [-0.1, -0.05) is 23.9 Å². The molecule has 0 N–H and O–H groups in total. The molecule has 0 atom stereocenters. The molecule has 1 aliphatic heterocycles. The Kier molecular flexibility index (Phi) is 2.08. The number of hydrogen-bond donors (Lipinski definition) is 0. The third-order valence-corrected chi connectivity index (χ3v) is 3.26. The normalized spacial score (nSPS) is 19.1. The van der Waals surface area contributed by atoms with Crippen molar-refractivity contribution in [2.45, 2.75) is 23.7 Å². The highest BCUT2D eigenvalue weighted by atomic mass is 32.2. The van der Waals surface area contributed by atoms with Crippen LogP contribution in [0.3, 0.4) is 0 Å². The first-order chi connectivity index (χ1) is 6.08. The minimum absolute atomic E-state index is 0.231. The molecular weight excluding hydrogens is 200 g/mol. The lowest BCUT2D eigenvalue weighted by molar-refractivity contribution is 0.196. The first kappa shape index (κ1) is 9.03. The summed E-state index contributed by atoms with van der Waals surface area (Å²) >= 11 is 6.88. The number of thiocarbonyl (C=S) groups is 1. The molecule has 1 aromatic carbocycles. The van der Waals surface area contributed by atoms with E-state index in [0.29, 0.717) is 5.05 Å². The molecule has 0 bridgehead atoms. The molecule has 68 valence electrons. The molecule has 1 heterocycles. The van der Waals surface area contributed by atoms with E-state index in [0.717, 1.165) is 5.56 Å². The maximum Gasteiger partial charge on any atom is 0.194 e. The van der Waals surface area contributed by atoms with Gasteiger partial charge in [0.15, 0.2) is 9.98 Å². The van der Waals surface area contributed by atoms with Crippen molar-refractivity contribution in [1.82, 2.24) is 0 Å². The van der Waals surface area contributed by atoms with Gasteiger partial charge in [-0.05, 0) is 38.2 Å². The quantitative estimate of drug-likeness (QED) is 0.608. The Morgan fingerprint density at radius 1 is 1.31 bits per heavy atom. The minimum Gasteiger partial charge on any atom is -0.466 e. The van der Waals surface area contributed by atoms with Gasteiger partial charge in [-0.3, -0.25) is 0 Å². The van der Waals surface area contributed by atoms with E-state index in [1.165, 1.54) is 4.90 Å². The van der Waals surface area contributed by atoms with Gasteiger partial charge in [0, 0.05) is 10.5 Å². The van der Waals surface area contributed by atoms with E-state index in [9.17, 15) is 0 Å². The van der Waals surface area contributed by atoms with Crippen LogP contribution in [0, 0.1) is 0 Å². The highest BCUT2D eigenvalue weighted by molar-refractivity contribution is 8.00. The van der Waals surface area contributed by atoms with Crippen LogP contribution < -0.4 is 0 Å². The molecule has 0 unspecified atom stereocenters. The molecular formula is C10H10OS2.